The number of aryl methyl sites for hydroxylation is 2. The number of unbranched alkanes of at least 4 members (excludes halogenated alkanes) is 5. The average Bonchev–Trinajstić information content (AvgIpc) is 2.92. The summed E-state index contributed by atoms with van der Waals surface area (Å²) in [6.45, 7) is 0. The van der Waals surface area contributed by atoms with Gasteiger partial charge in [0.05, 0.1) is 10.8 Å². The summed E-state index contributed by atoms with van der Waals surface area (Å²) >= 11 is 1.10. The maximum Gasteiger partial charge on any atom is 0.335 e. The van der Waals surface area contributed by atoms with Crippen molar-refractivity contribution in [3.8, 4) is 0 Å². The Morgan fingerprint density at radius 1 is 0.868 bits per heavy atom. The Hall–Kier alpha value is -3.23. The van der Waals surface area contributed by atoms with Crippen LogP contribution in [0.4, 0.5) is 4.39 Å². The maximum atomic E-state index is 14.4. The predicted molar refractivity (Wildman–Crippen MR) is 147 cm³/mol. The van der Waals surface area contributed by atoms with Gasteiger partial charge in [0.25, 0.3) is 0 Å². The van der Waals surface area contributed by atoms with E-state index in [0.717, 1.165) is 55.6 Å². The number of pyridine rings is 1. The van der Waals surface area contributed by atoms with E-state index >= 15 is 0 Å². The van der Waals surface area contributed by atoms with Crippen molar-refractivity contribution in [2.24, 2.45) is 0 Å². The summed E-state index contributed by atoms with van der Waals surface area (Å²) in [5.74, 6) is -3.21. The Bertz CT molecular complexity index is 1190. The van der Waals surface area contributed by atoms with E-state index in [4.69, 9.17) is 5.11 Å². The first-order valence-electron chi connectivity index (χ1n) is 12.9. The molecule has 0 aliphatic rings. The highest BCUT2D eigenvalue weighted by molar-refractivity contribution is 7.98. The monoisotopic (exact) mass is 539 g/mol. The van der Waals surface area contributed by atoms with Crippen LogP contribution in [-0.2, 0) is 23.4 Å². The van der Waals surface area contributed by atoms with Crippen molar-refractivity contribution in [2.75, 3.05) is 0 Å². The van der Waals surface area contributed by atoms with Crippen molar-refractivity contribution in [3.63, 3.8) is 0 Å². The van der Waals surface area contributed by atoms with E-state index in [1.165, 1.54) is 30.5 Å². The largest absolute Gasteiger partial charge is 0.479 e. The van der Waals surface area contributed by atoms with E-state index in [1.807, 2.05) is 6.07 Å². The molecule has 0 aliphatic heterocycles. The number of hydrogen-bond donors (Lipinski definition) is 3. The number of aliphatic carboxylic acids is 1. The number of aromatic carboxylic acids is 1. The second kappa shape index (κ2) is 15.2. The van der Waals surface area contributed by atoms with Gasteiger partial charge in [-0.15, -0.1) is 11.8 Å². The SMILES string of the molecule is O=C(O)c1ccc(CSC(c2cccnc2CCCCCCCCc2ccccc2)C(O)C(=O)O)c(F)c1. The zero-order valence-corrected chi connectivity index (χ0v) is 22.1. The molecule has 3 aromatic rings. The number of nitrogens with zero attached hydrogens (tertiary/aromatic N) is 1. The first-order valence-corrected chi connectivity index (χ1v) is 13.9. The maximum absolute atomic E-state index is 14.4. The number of halogens is 1. The number of carbonyl (C=O) groups is 2. The molecule has 0 amide bonds. The smallest absolute Gasteiger partial charge is 0.335 e. The Kier molecular flexibility index (Phi) is 11.8. The summed E-state index contributed by atoms with van der Waals surface area (Å²) in [6, 6.07) is 17.6. The molecule has 0 saturated carbocycles. The number of carboxylic acid groups (broad SMARTS) is 2. The Morgan fingerprint density at radius 3 is 2.21 bits per heavy atom. The minimum Gasteiger partial charge on any atom is -0.479 e. The van der Waals surface area contributed by atoms with Gasteiger partial charge in [-0.05, 0) is 60.6 Å². The predicted octanol–water partition coefficient (Wildman–Crippen LogP) is 6.46. The lowest BCUT2D eigenvalue weighted by Gasteiger charge is -2.22. The second-order valence-electron chi connectivity index (χ2n) is 9.27. The summed E-state index contributed by atoms with van der Waals surface area (Å²) in [7, 11) is 0. The first-order chi connectivity index (χ1) is 18.4. The van der Waals surface area contributed by atoms with Gasteiger partial charge in [-0.25, -0.2) is 14.0 Å². The zero-order valence-electron chi connectivity index (χ0n) is 21.3. The van der Waals surface area contributed by atoms with E-state index in [1.54, 1.807) is 18.3 Å². The van der Waals surface area contributed by atoms with Crippen LogP contribution in [0.25, 0.3) is 0 Å². The van der Waals surface area contributed by atoms with Crippen molar-refractivity contribution < 1.29 is 29.3 Å². The number of hydrogen-bond acceptors (Lipinski definition) is 5. The van der Waals surface area contributed by atoms with Crippen molar-refractivity contribution in [1.82, 2.24) is 4.98 Å². The first kappa shape index (κ1) is 29.3. The van der Waals surface area contributed by atoms with E-state index < -0.39 is 29.1 Å². The third-order valence-electron chi connectivity index (χ3n) is 6.46. The van der Waals surface area contributed by atoms with Crippen LogP contribution in [-0.4, -0.2) is 38.3 Å². The fourth-order valence-corrected chi connectivity index (χ4v) is 5.64. The van der Waals surface area contributed by atoms with Crippen molar-refractivity contribution in [3.05, 3.63) is 101 Å². The molecule has 6 nitrogen and oxygen atoms in total. The quantitative estimate of drug-likeness (QED) is 0.179. The van der Waals surface area contributed by atoms with Gasteiger partial charge in [-0.3, -0.25) is 4.98 Å². The molecule has 202 valence electrons. The topological polar surface area (TPSA) is 108 Å². The average molecular weight is 540 g/mol. The molecule has 2 atom stereocenters. The third kappa shape index (κ3) is 8.96. The van der Waals surface area contributed by atoms with Crippen LogP contribution in [0.5, 0.6) is 0 Å². The van der Waals surface area contributed by atoms with Gasteiger partial charge >= 0.3 is 11.9 Å². The van der Waals surface area contributed by atoms with Gasteiger partial charge in [-0.2, -0.15) is 0 Å². The van der Waals surface area contributed by atoms with Crippen molar-refractivity contribution in [1.29, 1.82) is 0 Å². The molecule has 3 rings (SSSR count). The second-order valence-corrected chi connectivity index (χ2v) is 10.4. The van der Waals surface area contributed by atoms with E-state index in [9.17, 15) is 24.2 Å². The van der Waals surface area contributed by atoms with Crippen LogP contribution < -0.4 is 0 Å². The molecular weight excluding hydrogens is 505 g/mol. The lowest BCUT2D eigenvalue weighted by Crippen LogP contribution is -2.27. The molecule has 0 spiro atoms. The number of rotatable bonds is 16. The number of aromatic nitrogens is 1. The Labute approximate surface area is 227 Å². The highest BCUT2D eigenvalue weighted by Crippen LogP contribution is 2.37. The number of aliphatic hydroxyl groups excluding tert-OH is 1. The lowest BCUT2D eigenvalue weighted by molar-refractivity contribution is -0.146. The molecule has 1 aromatic heterocycles. The van der Waals surface area contributed by atoms with E-state index in [0.29, 0.717) is 12.0 Å². The summed E-state index contributed by atoms with van der Waals surface area (Å²) in [6.07, 6.45) is 8.24. The minimum absolute atomic E-state index is 0.0675. The molecule has 1 heterocycles. The fraction of sp³-hybridized carbons (Fsp3) is 0.367. The summed E-state index contributed by atoms with van der Waals surface area (Å²) < 4.78 is 14.4. The molecule has 38 heavy (non-hydrogen) atoms. The van der Waals surface area contributed by atoms with Gasteiger partial charge in [0, 0.05) is 17.6 Å². The standard InChI is InChI=1S/C30H34FNO5S/c31-25-19-22(29(34)35)16-17-23(25)20-38-28(27(33)30(36)37)24-14-10-18-32-26(24)15-9-4-2-1-3-6-11-21-12-7-5-8-13-21/h5,7-8,10,12-14,16-19,27-28,33H,1-4,6,9,11,15,20H2,(H,34,35)(H,36,37). The highest BCUT2D eigenvalue weighted by atomic mass is 32.2. The summed E-state index contributed by atoms with van der Waals surface area (Å²) in [5.41, 5.74) is 2.80. The molecule has 0 bridgehead atoms. The van der Waals surface area contributed by atoms with Crippen LogP contribution >= 0.6 is 11.8 Å². The lowest BCUT2D eigenvalue weighted by atomic mass is 10.0. The molecule has 3 N–H and O–H groups in total. The van der Waals surface area contributed by atoms with Gasteiger partial charge in [0.2, 0.25) is 0 Å². The third-order valence-corrected chi connectivity index (χ3v) is 7.81. The highest BCUT2D eigenvalue weighted by Gasteiger charge is 2.30. The van der Waals surface area contributed by atoms with Gasteiger partial charge in [0.15, 0.2) is 6.10 Å². The molecule has 0 fully saturated rings. The summed E-state index contributed by atoms with van der Waals surface area (Å²) in [5, 5.41) is 28.2. The number of thioether (sulfide) groups is 1. The van der Waals surface area contributed by atoms with Gasteiger partial charge in [-0.1, -0.05) is 68.1 Å². The number of benzene rings is 2. The fourth-order valence-electron chi connectivity index (χ4n) is 4.35. The number of aliphatic hydroxyl groups is 1. The van der Waals surface area contributed by atoms with Gasteiger partial charge < -0.3 is 15.3 Å². The number of carboxylic acids is 2. The summed E-state index contributed by atoms with van der Waals surface area (Å²) in [4.78, 5) is 27.2. The van der Waals surface area contributed by atoms with Crippen molar-refractivity contribution in [2.45, 2.75) is 68.5 Å². The normalized spacial score (nSPS) is 12.7. The van der Waals surface area contributed by atoms with E-state index in [-0.39, 0.29) is 16.9 Å². The molecule has 0 radical (unpaired) electrons. The van der Waals surface area contributed by atoms with Crippen LogP contribution in [0.1, 0.15) is 76.5 Å². The molecule has 0 saturated heterocycles. The Balaban J connectivity index is 1.55. The van der Waals surface area contributed by atoms with E-state index in [2.05, 4.69) is 29.2 Å². The minimum atomic E-state index is -1.70. The molecule has 8 heteroatoms. The van der Waals surface area contributed by atoms with Crippen LogP contribution in [0.2, 0.25) is 0 Å². The molecular formula is C30H34FNO5S. The molecule has 2 unspecified atom stereocenters. The Morgan fingerprint density at radius 2 is 1.55 bits per heavy atom. The van der Waals surface area contributed by atoms with Crippen molar-refractivity contribution >= 4 is 23.7 Å². The van der Waals surface area contributed by atoms with Gasteiger partial charge in [0.1, 0.15) is 5.82 Å². The molecule has 2 aromatic carbocycles. The molecule has 0 aliphatic carbocycles. The zero-order chi connectivity index (χ0) is 27.3. The van der Waals surface area contributed by atoms with Crippen LogP contribution in [0, 0.1) is 5.82 Å². The van der Waals surface area contributed by atoms with Crippen LogP contribution in [0.3, 0.4) is 0 Å². The van der Waals surface area contributed by atoms with Crippen LogP contribution in [0.15, 0.2) is 66.9 Å².